The van der Waals surface area contributed by atoms with Crippen molar-refractivity contribution in [3.8, 4) is 5.88 Å². The van der Waals surface area contributed by atoms with Gasteiger partial charge in [-0.3, -0.25) is 0 Å². The SMILES string of the molecule is COc1ccc([Si](F)(C(C)(C)C)C(C)(C)C)c[n+]1[O-]. The van der Waals surface area contributed by atoms with E-state index < -0.39 is 18.5 Å². The van der Waals surface area contributed by atoms with Crippen LogP contribution in [0, 0.1) is 5.21 Å². The Morgan fingerprint density at radius 1 is 1.11 bits per heavy atom. The standard InChI is InChI=1S/C14H24FNO2Si/c1-13(2,3)19(15,14(4,5)6)11-8-9-12(18-7)16(17)10-11/h8-10H,1-7H3. The highest BCUT2D eigenvalue weighted by molar-refractivity contribution is 6.90. The van der Waals surface area contributed by atoms with Gasteiger partial charge in [0.15, 0.2) is 6.20 Å². The van der Waals surface area contributed by atoms with Gasteiger partial charge < -0.3 is 14.1 Å². The largest absolute Gasteiger partial charge is 0.616 e. The van der Waals surface area contributed by atoms with Crippen LogP contribution in [0.1, 0.15) is 41.5 Å². The first-order valence-electron chi connectivity index (χ1n) is 6.42. The lowest BCUT2D eigenvalue weighted by molar-refractivity contribution is -0.611. The van der Waals surface area contributed by atoms with Gasteiger partial charge in [-0.1, -0.05) is 41.5 Å². The zero-order chi connectivity index (χ0) is 15.1. The molecule has 108 valence electrons. The van der Waals surface area contributed by atoms with Crippen LogP contribution in [0.15, 0.2) is 18.3 Å². The van der Waals surface area contributed by atoms with Gasteiger partial charge in [0.25, 0.3) is 8.41 Å². The van der Waals surface area contributed by atoms with Crippen molar-refractivity contribution in [2.45, 2.75) is 51.6 Å². The van der Waals surface area contributed by atoms with E-state index in [1.165, 1.54) is 13.3 Å². The molecule has 0 atom stereocenters. The molecule has 0 bridgehead atoms. The first kappa shape index (κ1) is 16.0. The molecular weight excluding hydrogens is 261 g/mol. The summed E-state index contributed by atoms with van der Waals surface area (Å²) in [5.74, 6) is 0.183. The number of hydrogen-bond donors (Lipinski definition) is 0. The number of hydrogen-bond acceptors (Lipinski definition) is 2. The van der Waals surface area contributed by atoms with E-state index in [0.29, 0.717) is 9.92 Å². The van der Waals surface area contributed by atoms with Gasteiger partial charge in [-0.25, -0.2) is 0 Å². The maximum atomic E-state index is 15.9. The Balaban J connectivity index is 3.48. The molecule has 5 heteroatoms. The monoisotopic (exact) mass is 285 g/mol. The summed E-state index contributed by atoms with van der Waals surface area (Å²) in [4.78, 5) is 0. The summed E-state index contributed by atoms with van der Waals surface area (Å²) in [6.07, 6.45) is 1.33. The van der Waals surface area contributed by atoms with E-state index in [2.05, 4.69) is 0 Å². The zero-order valence-corrected chi connectivity index (χ0v) is 13.9. The number of rotatable bonds is 2. The molecule has 19 heavy (non-hydrogen) atoms. The van der Waals surface area contributed by atoms with Crippen LogP contribution in [-0.4, -0.2) is 15.5 Å². The van der Waals surface area contributed by atoms with E-state index in [9.17, 15) is 5.21 Å². The number of ether oxygens (including phenoxy) is 1. The highest BCUT2D eigenvalue weighted by Crippen LogP contribution is 2.51. The third kappa shape index (κ3) is 2.61. The van der Waals surface area contributed by atoms with Gasteiger partial charge in [0.05, 0.1) is 13.2 Å². The van der Waals surface area contributed by atoms with Crippen molar-refractivity contribution in [3.63, 3.8) is 0 Å². The number of pyridine rings is 1. The summed E-state index contributed by atoms with van der Waals surface area (Å²) in [6.45, 7) is 11.4. The fraction of sp³-hybridized carbons (Fsp3) is 0.643. The van der Waals surface area contributed by atoms with Crippen LogP contribution < -0.4 is 14.7 Å². The predicted octanol–water partition coefficient (Wildman–Crippen LogP) is 3.05. The summed E-state index contributed by atoms with van der Waals surface area (Å²) < 4.78 is 21.4. The minimum Gasteiger partial charge on any atom is -0.616 e. The second-order valence-electron chi connectivity index (χ2n) is 6.94. The molecule has 1 aromatic heterocycles. The Labute approximate surface area is 116 Å². The van der Waals surface area contributed by atoms with Crippen molar-refractivity contribution in [2.24, 2.45) is 0 Å². The number of halogens is 1. The second kappa shape index (κ2) is 4.78. The summed E-state index contributed by atoms with van der Waals surface area (Å²) >= 11 is 0. The third-order valence-electron chi connectivity index (χ3n) is 3.55. The average Bonchev–Trinajstić information content (AvgIpc) is 2.24. The zero-order valence-electron chi connectivity index (χ0n) is 12.9. The molecule has 1 rings (SSSR count). The molecule has 0 saturated heterocycles. The van der Waals surface area contributed by atoms with Gasteiger partial charge >= 0.3 is 5.88 Å². The van der Waals surface area contributed by atoms with Gasteiger partial charge in [0.1, 0.15) is 0 Å². The van der Waals surface area contributed by atoms with Crippen LogP contribution in [-0.2, 0) is 0 Å². The molecule has 1 heterocycles. The maximum absolute atomic E-state index is 15.9. The van der Waals surface area contributed by atoms with Crippen molar-refractivity contribution in [2.75, 3.05) is 7.11 Å². The smallest absolute Gasteiger partial charge is 0.379 e. The Morgan fingerprint density at radius 3 is 1.89 bits per heavy atom. The molecule has 0 saturated carbocycles. The topological polar surface area (TPSA) is 36.2 Å². The molecule has 1 aromatic rings. The lowest BCUT2D eigenvalue weighted by Gasteiger charge is -2.44. The summed E-state index contributed by atoms with van der Waals surface area (Å²) in [5.41, 5.74) is 0. The molecule has 0 spiro atoms. The minimum absolute atomic E-state index is 0.183. The number of aromatic nitrogens is 1. The van der Waals surface area contributed by atoms with Crippen molar-refractivity contribution in [1.82, 2.24) is 0 Å². The van der Waals surface area contributed by atoms with Crippen LogP contribution >= 0.6 is 0 Å². The molecule has 0 aliphatic carbocycles. The lowest BCUT2D eigenvalue weighted by Crippen LogP contribution is -2.59. The molecule has 0 aromatic carbocycles. The quantitative estimate of drug-likeness (QED) is 0.362. The van der Waals surface area contributed by atoms with E-state index in [1.807, 2.05) is 41.5 Å². The summed E-state index contributed by atoms with van der Waals surface area (Å²) in [6, 6.07) is 3.23. The summed E-state index contributed by atoms with van der Waals surface area (Å²) in [5, 5.41) is 11.3. The third-order valence-corrected chi connectivity index (χ3v) is 8.78. The number of nitrogens with zero attached hydrogens (tertiary/aromatic N) is 1. The van der Waals surface area contributed by atoms with Crippen molar-refractivity contribution < 1.29 is 13.6 Å². The van der Waals surface area contributed by atoms with Gasteiger partial charge in [0.2, 0.25) is 0 Å². The first-order valence-corrected chi connectivity index (χ1v) is 8.29. The minimum atomic E-state index is -3.37. The Bertz CT molecular complexity index is 449. The average molecular weight is 285 g/mol. The maximum Gasteiger partial charge on any atom is 0.379 e. The van der Waals surface area contributed by atoms with Crippen molar-refractivity contribution in [1.29, 1.82) is 0 Å². The normalized spacial score (nSPS) is 13.5. The van der Waals surface area contributed by atoms with Crippen LogP contribution in [0.5, 0.6) is 5.88 Å². The molecule has 0 aliphatic heterocycles. The highest BCUT2D eigenvalue weighted by Gasteiger charge is 2.57. The van der Waals surface area contributed by atoms with Gasteiger partial charge in [-0.2, -0.15) is 0 Å². The Morgan fingerprint density at radius 2 is 1.58 bits per heavy atom. The van der Waals surface area contributed by atoms with E-state index in [4.69, 9.17) is 4.74 Å². The lowest BCUT2D eigenvalue weighted by atomic mass is 10.2. The Kier molecular flexibility index (Phi) is 4.01. The fourth-order valence-electron chi connectivity index (χ4n) is 2.82. The molecular formula is C14H24FNO2Si. The molecule has 0 N–H and O–H groups in total. The van der Waals surface area contributed by atoms with Crippen molar-refractivity contribution >= 4 is 13.6 Å². The summed E-state index contributed by atoms with van der Waals surface area (Å²) in [7, 11) is -1.94. The van der Waals surface area contributed by atoms with Gasteiger partial charge in [-0.15, -0.1) is 4.73 Å². The molecule has 0 fully saturated rings. The molecule has 0 radical (unpaired) electrons. The van der Waals surface area contributed by atoms with Crippen LogP contribution in [0.4, 0.5) is 4.11 Å². The second-order valence-corrected chi connectivity index (χ2v) is 11.8. The van der Waals surface area contributed by atoms with E-state index in [-0.39, 0.29) is 5.88 Å². The van der Waals surface area contributed by atoms with Crippen LogP contribution in [0.25, 0.3) is 0 Å². The highest BCUT2D eigenvalue weighted by atomic mass is 28.4. The Hall–Kier alpha value is -1.10. The molecule has 0 unspecified atom stereocenters. The molecule has 0 aliphatic rings. The van der Waals surface area contributed by atoms with Gasteiger partial charge in [0, 0.05) is 5.19 Å². The first-order chi connectivity index (χ1) is 8.45. The van der Waals surface area contributed by atoms with Crippen molar-refractivity contribution in [3.05, 3.63) is 23.5 Å². The van der Waals surface area contributed by atoms with Gasteiger partial charge in [-0.05, 0) is 16.1 Å². The van der Waals surface area contributed by atoms with E-state index in [0.717, 1.165) is 0 Å². The van der Waals surface area contributed by atoms with E-state index in [1.54, 1.807) is 12.1 Å². The molecule has 3 nitrogen and oxygen atoms in total. The van der Waals surface area contributed by atoms with E-state index >= 15 is 4.11 Å². The fourth-order valence-corrected chi connectivity index (χ4v) is 7.41. The molecule has 0 amide bonds. The van der Waals surface area contributed by atoms with Crippen LogP contribution in [0.3, 0.4) is 0 Å². The van der Waals surface area contributed by atoms with Crippen LogP contribution in [0.2, 0.25) is 10.1 Å². The predicted molar refractivity (Wildman–Crippen MR) is 77.9 cm³/mol. The number of methoxy groups -OCH3 is 1.